The Balaban J connectivity index is 1.33. The molecule has 1 fully saturated rings. The number of anilines is 3. The van der Waals surface area contributed by atoms with Crippen molar-refractivity contribution in [1.82, 2.24) is 10.3 Å². The van der Waals surface area contributed by atoms with Crippen molar-refractivity contribution < 1.29 is 14.3 Å². The number of fused-ring (bicyclic) bond motifs is 1. The number of piperazine rings is 1. The average molecular weight is 450 g/mol. The van der Waals surface area contributed by atoms with Gasteiger partial charge in [0.05, 0.1) is 41.8 Å². The molecule has 2 N–H and O–H groups in total. The van der Waals surface area contributed by atoms with Crippen molar-refractivity contribution in [3.05, 3.63) is 64.8 Å². The molecule has 0 unspecified atom stereocenters. The topological polar surface area (TPSA) is 86.8 Å². The number of hydrogen-bond donors (Lipinski definition) is 2. The largest absolute Gasteiger partial charge is 0.497 e. The molecule has 9 heteroatoms. The van der Waals surface area contributed by atoms with Gasteiger partial charge in [-0.1, -0.05) is 6.07 Å². The van der Waals surface area contributed by atoms with Crippen LogP contribution >= 0.6 is 11.3 Å². The molecule has 0 saturated carbocycles. The molecule has 2 aliphatic rings. The minimum atomic E-state index is -0.220. The van der Waals surface area contributed by atoms with E-state index in [1.165, 1.54) is 11.3 Å². The van der Waals surface area contributed by atoms with Crippen molar-refractivity contribution >= 4 is 39.5 Å². The second kappa shape index (κ2) is 8.60. The van der Waals surface area contributed by atoms with Crippen LogP contribution in [0.4, 0.5) is 16.4 Å². The molecule has 2 amide bonds. The SMILES string of the molecule is COc1ccc2c(c1)C(=O)N(c1cc(C(=O)Nc3cnccc3N3CCNCC3)cs1)C2. The summed E-state index contributed by atoms with van der Waals surface area (Å²) in [5.41, 5.74) is 3.75. The Labute approximate surface area is 189 Å². The fourth-order valence-electron chi connectivity index (χ4n) is 4.03. The molecular weight excluding hydrogens is 426 g/mol. The van der Waals surface area contributed by atoms with Gasteiger partial charge in [-0.2, -0.15) is 0 Å². The maximum atomic E-state index is 13.0. The first-order chi connectivity index (χ1) is 15.6. The third-order valence-electron chi connectivity index (χ3n) is 5.74. The van der Waals surface area contributed by atoms with E-state index in [1.807, 2.05) is 18.2 Å². The normalized spacial score (nSPS) is 15.6. The van der Waals surface area contributed by atoms with Gasteiger partial charge < -0.3 is 20.3 Å². The van der Waals surface area contributed by atoms with Crippen molar-refractivity contribution in [1.29, 1.82) is 0 Å². The van der Waals surface area contributed by atoms with Gasteiger partial charge in [-0.25, -0.2) is 0 Å². The van der Waals surface area contributed by atoms with E-state index in [0.29, 0.717) is 29.1 Å². The molecule has 3 aromatic rings. The molecular formula is C23H23N5O3S. The summed E-state index contributed by atoms with van der Waals surface area (Å²) in [6.45, 7) is 4.04. The lowest BCUT2D eigenvalue weighted by Gasteiger charge is -2.30. The van der Waals surface area contributed by atoms with Gasteiger partial charge in [0.2, 0.25) is 0 Å². The van der Waals surface area contributed by atoms with Crippen LogP contribution in [0.25, 0.3) is 0 Å². The summed E-state index contributed by atoms with van der Waals surface area (Å²) in [5, 5.41) is 8.85. The zero-order valence-corrected chi connectivity index (χ0v) is 18.4. The standard InChI is InChI=1S/C23H23N5O3S/c1-31-17-3-2-15-13-28(23(30)18(15)11-17)21-10-16(14-32-21)22(29)26-19-12-25-5-4-20(19)27-8-6-24-7-9-27/h2-5,10-12,14,24H,6-9,13H2,1H3,(H,26,29). The smallest absolute Gasteiger partial charge is 0.259 e. The van der Waals surface area contributed by atoms with Crippen LogP contribution in [0, 0.1) is 0 Å². The number of hydrogen-bond acceptors (Lipinski definition) is 7. The zero-order chi connectivity index (χ0) is 22.1. The Kier molecular flexibility index (Phi) is 5.50. The van der Waals surface area contributed by atoms with Crippen molar-refractivity contribution in [2.45, 2.75) is 6.54 Å². The zero-order valence-electron chi connectivity index (χ0n) is 17.6. The van der Waals surface area contributed by atoms with Gasteiger partial charge in [0.15, 0.2) is 0 Å². The van der Waals surface area contributed by atoms with E-state index >= 15 is 0 Å². The van der Waals surface area contributed by atoms with Crippen LogP contribution in [0.1, 0.15) is 26.3 Å². The van der Waals surface area contributed by atoms with E-state index in [0.717, 1.165) is 42.4 Å². The highest BCUT2D eigenvalue weighted by Gasteiger charge is 2.30. The van der Waals surface area contributed by atoms with E-state index in [9.17, 15) is 9.59 Å². The number of aromatic nitrogens is 1. The first-order valence-corrected chi connectivity index (χ1v) is 11.3. The van der Waals surface area contributed by atoms with Gasteiger partial charge in [0, 0.05) is 43.3 Å². The van der Waals surface area contributed by atoms with Crippen molar-refractivity contribution in [2.24, 2.45) is 0 Å². The highest BCUT2D eigenvalue weighted by atomic mass is 32.1. The number of thiophene rings is 1. The Morgan fingerprint density at radius 1 is 1.22 bits per heavy atom. The molecule has 0 spiro atoms. The molecule has 0 atom stereocenters. The van der Waals surface area contributed by atoms with Crippen LogP contribution in [0.2, 0.25) is 0 Å². The van der Waals surface area contributed by atoms with Crippen LogP contribution in [0.3, 0.4) is 0 Å². The molecule has 0 aliphatic carbocycles. The number of carbonyl (C=O) groups is 2. The van der Waals surface area contributed by atoms with E-state index in [1.54, 1.807) is 41.9 Å². The van der Waals surface area contributed by atoms with E-state index < -0.39 is 0 Å². The minimum Gasteiger partial charge on any atom is -0.497 e. The average Bonchev–Trinajstić information content (AvgIpc) is 3.45. The summed E-state index contributed by atoms with van der Waals surface area (Å²) in [6, 6.07) is 9.22. The quantitative estimate of drug-likeness (QED) is 0.623. The number of carbonyl (C=O) groups excluding carboxylic acids is 2. The van der Waals surface area contributed by atoms with E-state index in [-0.39, 0.29) is 11.8 Å². The molecule has 1 saturated heterocycles. The van der Waals surface area contributed by atoms with E-state index in [4.69, 9.17) is 4.74 Å². The molecule has 0 radical (unpaired) electrons. The van der Waals surface area contributed by atoms with Gasteiger partial charge in [-0.05, 0) is 29.8 Å². The molecule has 8 nitrogen and oxygen atoms in total. The Morgan fingerprint density at radius 2 is 2.06 bits per heavy atom. The lowest BCUT2D eigenvalue weighted by atomic mass is 10.1. The maximum absolute atomic E-state index is 13.0. The molecule has 32 heavy (non-hydrogen) atoms. The molecule has 1 aromatic carbocycles. The molecule has 2 aliphatic heterocycles. The minimum absolute atomic E-state index is 0.0824. The van der Waals surface area contributed by atoms with Crippen molar-refractivity contribution in [2.75, 3.05) is 48.4 Å². The van der Waals surface area contributed by atoms with Crippen molar-refractivity contribution in [3.63, 3.8) is 0 Å². The van der Waals surface area contributed by atoms with Crippen LogP contribution in [-0.4, -0.2) is 50.1 Å². The van der Waals surface area contributed by atoms with Crippen LogP contribution < -0.4 is 25.2 Å². The summed E-state index contributed by atoms with van der Waals surface area (Å²) in [4.78, 5) is 34.0. The number of benzene rings is 1. The molecule has 164 valence electrons. The highest BCUT2D eigenvalue weighted by molar-refractivity contribution is 7.14. The predicted molar refractivity (Wildman–Crippen MR) is 125 cm³/mol. The fraction of sp³-hybridized carbons (Fsp3) is 0.261. The predicted octanol–water partition coefficient (Wildman–Crippen LogP) is 2.97. The van der Waals surface area contributed by atoms with Gasteiger partial charge in [0.25, 0.3) is 11.8 Å². The molecule has 4 heterocycles. The van der Waals surface area contributed by atoms with Crippen molar-refractivity contribution in [3.8, 4) is 5.75 Å². The van der Waals surface area contributed by atoms with E-state index in [2.05, 4.69) is 20.5 Å². The number of ether oxygens (including phenoxy) is 1. The number of pyridine rings is 1. The first-order valence-electron chi connectivity index (χ1n) is 10.4. The van der Waals surface area contributed by atoms with Gasteiger partial charge in [0.1, 0.15) is 5.75 Å². The fourth-order valence-corrected chi connectivity index (χ4v) is 4.92. The van der Waals surface area contributed by atoms with Crippen LogP contribution in [0.15, 0.2) is 48.1 Å². The second-order valence-corrected chi connectivity index (χ2v) is 8.56. The third kappa shape index (κ3) is 3.80. The van der Waals surface area contributed by atoms with Gasteiger partial charge in [-0.3, -0.25) is 19.5 Å². The Morgan fingerprint density at radius 3 is 2.88 bits per heavy atom. The molecule has 5 rings (SSSR count). The number of rotatable bonds is 5. The van der Waals surface area contributed by atoms with Crippen LogP contribution in [0.5, 0.6) is 5.75 Å². The Bertz CT molecular complexity index is 1170. The Hall–Kier alpha value is -3.43. The summed E-state index contributed by atoms with van der Waals surface area (Å²) in [7, 11) is 1.58. The highest BCUT2D eigenvalue weighted by Crippen LogP contribution is 2.35. The lowest BCUT2D eigenvalue weighted by molar-refractivity contribution is 0.0993. The second-order valence-electron chi connectivity index (χ2n) is 7.67. The molecule has 0 bridgehead atoms. The van der Waals surface area contributed by atoms with Crippen LogP contribution in [-0.2, 0) is 6.54 Å². The number of methoxy groups -OCH3 is 1. The summed E-state index contributed by atoms with van der Waals surface area (Å²) < 4.78 is 5.24. The van der Waals surface area contributed by atoms with Gasteiger partial charge >= 0.3 is 0 Å². The number of nitrogens with zero attached hydrogens (tertiary/aromatic N) is 3. The third-order valence-corrected chi connectivity index (χ3v) is 6.69. The summed E-state index contributed by atoms with van der Waals surface area (Å²) in [6.07, 6.45) is 3.41. The van der Waals surface area contributed by atoms with Gasteiger partial charge in [-0.15, -0.1) is 11.3 Å². The first kappa shape index (κ1) is 20.5. The number of nitrogens with one attached hydrogen (secondary N) is 2. The monoisotopic (exact) mass is 449 g/mol. The lowest BCUT2D eigenvalue weighted by Crippen LogP contribution is -2.43. The molecule has 2 aromatic heterocycles. The summed E-state index contributed by atoms with van der Waals surface area (Å²) in [5.74, 6) is 0.352. The number of amides is 2. The maximum Gasteiger partial charge on any atom is 0.259 e. The summed E-state index contributed by atoms with van der Waals surface area (Å²) >= 11 is 1.38.